The highest BCUT2D eigenvalue weighted by Crippen LogP contribution is 2.39. The normalized spacial score (nSPS) is 17.2. The Morgan fingerprint density at radius 1 is 0.646 bits per heavy atom. The van der Waals surface area contributed by atoms with Crippen LogP contribution in [-0.4, -0.2) is 16.2 Å². The first-order valence-corrected chi connectivity index (χ1v) is 16.2. The Bertz CT molecular complexity index is 2590. The summed E-state index contributed by atoms with van der Waals surface area (Å²) in [5.74, 6) is 2.31. The van der Waals surface area contributed by atoms with E-state index >= 15 is 0 Å². The summed E-state index contributed by atoms with van der Waals surface area (Å²) < 4.78 is 8.91. The van der Waals surface area contributed by atoms with Crippen molar-refractivity contribution in [3.63, 3.8) is 0 Å². The molecule has 4 heterocycles. The van der Waals surface area contributed by atoms with Crippen LogP contribution >= 0.6 is 0 Å². The standard InChI is InChI=1S/C42H29N5O/c1-2-11-27(12-3-1)40-44-41(29-19-18-26-10-4-5-13-28(26)24-29)46-42(45-40)39-38-33-21-20-30(25-37(33)48-36(38)22-23-43-39)47-34-16-8-6-14-31(34)32-15-7-9-17-35(32)47/h1-25,39,41,43H,(H,44,45,46). The molecule has 2 atom stereocenters. The zero-order valence-electron chi connectivity index (χ0n) is 25.8. The minimum atomic E-state index is -0.312. The van der Waals surface area contributed by atoms with E-state index in [1.54, 1.807) is 0 Å². The van der Waals surface area contributed by atoms with E-state index in [-0.39, 0.29) is 12.2 Å². The van der Waals surface area contributed by atoms with Gasteiger partial charge in [0.25, 0.3) is 0 Å². The quantitative estimate of drug-likeness (QED) is 0.206. The van der Waals surface area contributed by atoms with Crippen molar-refractivity contribution in [2.75, 3.05) is 0 Å². The fourth-order valence-electron chi connectivity index (χ4n) is 7.28. The Balaban J connectivity index is 1.09. The van der Waals surface area contributed by atoms with Crippen molar-refractivity contribution in [1.82, 2.24) is 15.2 Å². The molecule has 0 aliphatic carbocycles. The largest absolute Gasteiger partial charge is 0.456 e. The van der Waals surface area contributed by atoms with Gasteiger partial charge in [0.2, 0.25) is 0 Å². The molecule has 2 aliphatic heterocycles. The molecule has 6 nitrogen and oxygen atoms in total. The maximum Gasteiger partial charge on any atom is 0.159 e. The average molecular weight is 620 g/mol. The number of furan rings is 1. The van der Waals surface area contributed by atoms with Gasteiger partial charge in [0.05, 0.1) is 11.0 Å². The van der Waals surface area contributed by atoms with Crippen LogP contribution < -0.4 is 10.6 Å². The summed E-state index contributed by atoms with van der Waals surface area (Å²) in [7, 11) is 0. The molecule has 2 N–H and O–H groups in total. The second-order valence-electron chi connectivity index (χ2n) is 12.3. The van der Waals surface area contributed by atoms with Crippen LogP contribution in [0.2, 0.25) is 0 Å². The van der Waals surface area contributed by atoms with Crippen molar-refractivity contribution in [1.29, 1.82) is 0 Å². The first-order chi connectivity index (χ1) is 23.8. The molecule has 0 radical (unpaired) electrons. The summed E-state index contributed by atoms with van der Waals surface area (Å²) >= 11 is 0. The molecule has 8 aromatic rings. The lowest BCUT2D eigenvalue weighted by Crippen LogP contribution is -2.41. The fourth-order valence-corrected chi connectivity index (χ4v) is 7.28. The maximum absolute atomic E-state index is 6.59. The fraction of sp³-hybridized carbons (Fsp3) is 0.0476. The highest BCUT2D eigenvalue weighted by molar-refractivity contribution is 6.11. The number of nitrogens with one attached hydrogen (secondary N) is 2. The number of amidine groups is 2. The van der Waals surface area contributed by atoms with Gasteiger partial charge in [-0.25, -0.2) is 9.98 Å². The third-order valence-electron chi connectivity index (χ3n) is 9.52. The SMILES string of the molecule is C1=Cc2oc3cc(-n4c5ccccc5c5ccccc54)ccc3c2C(C2=NC(c3ccccc3)=NC(c3ccc4ccccc4c3)N2)N1. The Kier molecular flexibility index (Phi) is 5.90. The van der Waals surface area contributed by atoms with Crippen molar-refractivity contribution in [2.45, 2.75) is 12.2 Å². The van der Waals surface area contributed by atoms with Gasteiger partial charge in [-0.1, -0.05) is 103 Å². The first kappa shape index (κ1) is 26.8. The number of benzene rings is 6. The van der Waals surface area contributed by atoms with Crippen LogP contribution in [0.4, 0.5) is 0 Å². The number of aromatic nitrogens is 1. The molecule has 0 bridgehead atoms. The van der Waals surface area contributed by atoms with Crippen molar-refractivity contribution < 1.29 is 4.42 Å². The molecule has 2 aliphatic rings. The smallest absolute Gasteiger partial charge is 0.159 e. The molecule has 6 heteroatoms. The number of nitrogens with zero attached hydrogens (tertiary/aromatic N) is 3. The van der Waals surface area contributed by atoms with E-state index in [1.807, 2.05) is 30.5 Å². The van der Waals surface area contributed by atoms with Gasteiger partial charge < -0.3 is 19.6 Å². The summed E-state index contributed by atoms with van der Waals surface area (Å²) in [6.45, 7) is 0. The third kappa shape index (κ3) is 4.19. The zero-order chi connectivity index (χ0) is 31.6. The number of fused-ring (bicyclic) bond motifs is 7. The molecular weight excluding hydrogens is 590 g/mol. The first-order valence-electron chi connectivity index (χ1n) is 16.2. The van der Waals surface area contributed by atoms with Gasteiger partial charge in [0, 0.05) is 45.2 Å². The van der Waals surface area contributed by atoms with E-state index in [2.05, 4.69) is 137 Å². The van der Waals surface area contributed by atoms with Crippen molar-refractivity contribution in [3.05, 3.63) is 168 Å². The van der Waals surface area contributed by atoms with Crippen molar-refractivity contribution >= 4 is 61.3 Å². The highest BCUT2D eigenvalue weighted by Gasteiger charge is 2.32. The molecule has 2 unspecified atom stereocenters. The Morgan fingerprint density at radius 3 is 2.19 bits per heavy atom. The Morgan fingerprint density at radius 2 is 1.38 bits per heavy atom. The molecular formula is C42H29N5O. The van der Waals surface area contributed by atoms with E-state index in [0.717, 1.165) is 44.9 Å². The number of aliphatic imine (C=N–C) groups is 2. The minimum Gasteiger partial charge on any atom is -0.456 e. The minimum absolute atomic E-state index is 0.262. The Labute approximate surface area is 276 Å². The molecule has 228 valence electrons. The van der Waals surface area contributed by atoms with Gasteiger partial charge in [-0.3, -0.25) is 0 Å². The molecule has 0 fully saturated rings. The van der Waals surface area contributed by atoms with Crippen LogP contribution in [-0.2, 0) is 0 Å². The van der Waals surface area contributed by atoms with Crippen LogP contribution in [0.5, 0.6) is 0 Å². The molecule has 0 saturated heterocycles. The Hall–Kier alpha value is -6.40. The number of hydrogen-bond donors (Lipinski definition) is 2. The van der Waals surface area contributed by atoms with E-state index in [0.29, 0.717) is 5.84 Å². The second kappa shape index (κ2) is 10.6. The van der Waals surface area contributed by atoms with Crippen LogP contribution in [0.3, 0.4) is 0 Å². The number of hydrogen-bond acceptors (Lipinski definition) is 5. The van der Waals surface area contributed by atoms with E-state index in [9.17, 15) is 0 Å². The molecule has 10 rings (SSSR count). The van der Waals surface area contributed by atoms with Crippen molar-refractivity contribution in [3.8, 4) is 5.69 Å². The van der Waals surface area contributed by atoms with Gasteiger partial charge in [0.15, 0.2) is 5.84 Å². The van der Waals surface area contributed by atoms with E-state index in [1.165, 1.54) is 32.6 Å². The lowest BCUT2D eigenvalue weighted by Gasteiger charge is -2.29. The highest BCUT2D eigenvalue weighted by atomic mass is 16.3. The predicted molar refractivity (Wildman–Crippen MR) is 196 cm³/mol. The van der Waals surface area contributed by atoms with Gasteiger partial charge in [-0.2, -0.15) is 0 Å². The molecule has 48 heavy (non-hydrogen) atoms. The monoisotopic (exact) mass is 619 g/mol. The summed E-state index contributed by atoms with van der Waals surface area (Å²) in [5.41, 5.74) is 7.33. The van der Waals surface area contributed by atoms with Crippen molar-refractivity contribution in [2.24, 2.45) is 9.98 Å². The summed E-state index contributed by atoms with van der Waals surface area (Å²) in [4.78, 5) is 10.3. The number of para-hydroxylation sites is 2. The van der Waals surface area contributed by atoms with Crippen LogP contribution in [0, 0.1) is 0 Å². The van der Waals surface area contributed by atoms with Gasteiger partial charge in [-0.05, 0) is 52.7 Å². The third-order valence-corrected chi connectivity index (χ3v) is 9.52. The van der Waals surface area contributed by atoms with Crippen LogP contribution in [0.15, 0.2) is 160 Å². The van der Waals surface area contributed by atoms with Gasteiger partial charge in [-0.15, -0.1) is 0 Å². The van der Waals surface area contributed by atoms with Gasteiger partial charge in [0.1, 0.15) is 29.4 Å². The van der Waals surface area contributed by atoms with E-state index in [4.69, 9.17) is 14.4 Å². The van der Waals surface area contributed by atoms with Gasteiger partial charge >= 0.3 is 0 Å². The van der Waals surface area contributed by atoms with Crippen LogP contribution in [0.1, 0.15) is 34.7 Å². The average Bonchev–Trinajstić information content (AvgIpc) is 3.70. The second-order valence-corrected chi connectivity index (χ2v) is 12.3. The molecule has 0 saturated carbocycles. The topological polar surface area (TPSA) is 66.8 Å². The lowest BCUT2D eigenvalue weighted by molar-refractivity contribution is 0.580. The molecule has 0 spiro atoms. The van der Waals surface area contributed by atoms with Crippen LogP contribution in [0.25, 0.3) is 55.3 Å². The summed E-state index contributed by atoms with van der Waals surface area (Å²) in [6.07, 6.45) is 3.64. The lowest BCUT2D eigenvalue weighted by atomic mass is 9.98. The summed E-state index contributed by atoms with van der Waals surface area (Å²) in [5, 5.41) is 13.2. The zero-order valence-corrected chi connectivity index (χ0v) is 25.8. The molecule has 0 amide bonds. The predicted octanol–water partition coefficient (Wildman–Crippen LogP) is 9.45. The molecule has 6 aromatic carbocycles. The summed E-state index contributed by atoms with van der Waals surface area (Å²) in [6, 6.07) is 48.5. The molecule has 2 aromatic heterocycles. The maximum atomic E-state index is 6.59. The van der Waals surface area contributed by atoms with E-state index < -0.39 is 0 Å². The number of rotatable bonds is 4.